The first-order valence-corrected chi connectivity index (χ1v) is 9.55. The summed E-state index contributed by atoms with van der Waals surface area (Å²) in [4.78, 5) is 6.23. The number of pyridine rings is 1. The van der Waals surface area contributed by atoms with Gasteiger partial charge in [0.25, 0.3) is 5.82 Å². The third kappa shape index (κ3) is 3.86. The summed E-state index contributed by atoms with van der Waals surface area (Å²) < 4.78 is 42.7. The second-order valence-corrected chi connectivity index (χ2v) is 7.69. The molecule has 2 aromatic heterocycles. The summed E-state index contributed by atoms with van der Waals surface area (Å²) in [6.45, 7) is 4.03. The Labute approximate surface area is 160 Å². The highest BCUT2D eigenvalue weighted by Gasteiger charge is 2.33. The largest absolute Gasteiger partial charge is 0.419 e. The predicted molar refractivity (Wildman–Crippen MR) is 94.9 cm³/mol. The van der Waals surface area contributed by atoms with Crippen molar-refractivity contribution in [1.82, 2.24) is 14.3 Å². The van der Waals surface area contributed by atoms with E-state index in [1.165, 1.54) is 23.8 Å². The van der Waals surface area contributed by atoms with E-state index < -0.39 is 11.7 Å². The number of rotatable bonds is 4. The minimum atomic E-state index is -4.32. The Bertz CT molecular complexity index is 860. The van der Waals surface area contributed by atoms with Crippen LogP contribution in [-0.2, 0) is 19.9 Å². The lowest BCUT2D eigenvalue weighted by molar-refractivity contribution is -0.924. The third-order valence-electron chi connectivity index (χ3n) is 5.33. The van der Waals surface area contributed by atoms with Crippen molar-refractivity contribution < 1.29 is 23.1 Å². The summed E-state index contributed by atoms with van der Waals surface area (Å²) in [5.74, 6) is 2.35. The molecular weight excluding hydrogens is 377 g/mol. The van der Waals surface area contributed by atoms with E-state index in [1.807, 2.05) is 16.3 Å². The molecule has 27 heavy (non-hydrogen) atoms. The van der Waals surface area contributed by atoms with E-state index in [4.69, 9.17) is 17.3 Å². The van der Waals surface area contributed by atoms with Gasteiger partial charge in [-0.05, 0) is 31.1 Å². The summed E-state index contributed by atoms with van der Waals surface area (Å²) in [5, 5.41) is 4.70. The zero-order chi connectivity index (χ0) is 19.2. The van der Waals surface area contributed by atoms with Crippen LogP contribution in [0.1, 0.15) is 30.1 Å². The Hall–Kier alpha value is -1.94. The van der Waals surface area contributed by atoms with E-state index in [1.54, 1.807) is 0 Å². The smallest absolute Gasteiger partial charge is 0.310 e. The van der Waals surface area contributed by atoms with Crippen LogP contribution in [0.2, 0.25) is 0 Å². The Morgan fingerprint density at radius 2 is 1.96 bits per heavy atom. The van der Waals surface area contributed by atoms with Gasteiger partial charge in [-0.1, -0.05) is 0 Å². The van der Waals surface area contributed by atoms with Gasteiger partial charge in [-0.15, -0.1) is 0 Å². The van der Waals surface area contributed by atoms with E-state index in [2.05, 4.69) is 9.88 Å². The maximum Gasteiger partial charge on any atom is 0.419 e. The molecule has 1 aliphatic carbocycles. The summed E-state index contributed by atoms with van der Waals surface area (Å²) in [6, 6.07) is 2.63. The van der Waals surface area contributed by atoms with Crippen molar-refractivity contribution in [2.45, 2.75) is 31.6 Å². The number of H-pyrrole nitrogens is 1. The summed E-state index contributed by atoms with van der Waals surface area (Å²) >= 11 is 5.51. The first-order chi connectivity index (χ1) is 12.8. The van der Waals surface area contributed by atoms with Gasteiger partial charge >= 0.3 is 6.18 Å². The van der Waals surface area contributed by atoms with Crippen LogP contribution in [0.3, 0.4) is 0 Å². The molecule has 0 atom stereocenters. The van der Waals surface area contributed by atoms with Crippen molar-refractivity contribution in [3.05, 3.63) is 34.5 Å². The molecule has 1 aliphatic heterocycles. The van der Waals surface area contributed by atoms with Crippen LogP contribution in [0.25, 0.3) is 0 Å². The van der Waals surface area contributed by atoms with E-state index >= 15 is 0 Å². The molecule has 2 aliphatic rings. The fourth-order valence-electron chi connectivity index (χ4n) is 3.53. The van der Waals surface area contributed by atoms with E-state index in [9.17, 15) is 13.2 Å². The van der Waals surface area contributed by atoms with Gasteiger partial charge in [0.05, 0.1) is 5.56 Å². The maximum atomic E-state index is 12.7. The number of nitrogens with one attached hydrogen (secondary N) is 2. The van der Waals surface area contributed by atoms with Gasteiger partial charge in [-0.25, -0.2) is 4.98 Å². The van der Waals surface area contributed by atoms with Gasteiger partial charge in [-0.2, -0.15) is 23.0 Å². The lowest BCUT2D eigenvalue weighted by Crippen LogP contribution is -3.14. The highest BCUT2D eigenvalue weighted by atomic mass is 32.1. The van der Waals surface area contributed by atoms with Crippen molar-refractivity contribution in [2.24, 2.45) is 7.05 Å². The molecule has 4 rings (SSSR count). The molecule has 2 N–H and O–H groups in total. The Kier molecular flexibility index (Phi) is 4.71. The van der Waals surface area contributed by atoms with Crippen molar-refractivity contribution in [2.75, 3.05) is 31.1 Å². The van der Waals surface area contributed by atoms with Crippen molar-refractivity contribution >= 4 is 18.0 Å². The molecular formula is C17H23F3N6S+2. The van der Waals surface area contributed by atoms with Gasteiger partial charge in [0.15, 0.2) is 6.67 Å². The highest BCUT2D eigenvalue weighted by molar-refractivity contribution is 7.71. The van der Waals surface area contributed by atoms with E-state index in [0.29, 0.717) is 11.7 Å². The van der Waals surface area contributed by atoms with Crippen molar-refractivity contribution in [3.8, 4) is 0 Å². The van der Waals surface area contributed by atoms with E-state index in [0.717, 1.165) is 55.7 Å². The van der Waals surface area contributed by atoms with Crippen LogP contribution >= 0.6 is 12.2 Å². The Balaban J connectivity index is 1.37. The molecule has 3 heterocycles. The molecule has 0 radical (unpaired) electrons. The monoisotopic (exact) mass is 400 g/mol. The summed E-state index contributed by atoms with van der Waals surface area (Å²) in [7, 11) is 1.98. The molecule has 10 heteroatoms. The van der Waals surface area contributed by atoms with Crippen LogP contribution in [-0.4, -0.2) is 40.5 Å². The third-order valence-corrected chi connectivity index (χ3v) is 5.81. The molecule has 0 amide bonds. The number of nitrogens with zero attached hydrogens (tertiary/aromatic N) is 4. The van der Waals surface area contributed by atoms with Crippen LogP contribution < -0.4 is 14.8 Å². The number of hydrogen-bond donors (Lipinski definition) is 1. The number of alkyl halides is 3. The zero-order valence-electron chi connectivity index (χ0n) is 15.1. The molecule has 1 saturated heterocycles. The number of hydrogen-bond acceptors (Lipinski definition) is 3. The van der Waals surface area contributed by atoms with Crippen LogP contribution in [0, 0.1) is 4.77 Å². The number of piperazine rings is 1. The number of anilines is 1. The molecule has 0 aromatic carbocycles. The summed E-state index contributed by atoms with van der Waals surface area (Å²) in [6.07, 6.45) is -0.913. The predicted octanol–water partition coefficient (Wildman–Crippen LogP) is 1.02. The first-order valence-electron chi connectivity index (χ1n) is 9.14. The minimum absolute atomic E-state index is 0.556. The number of quaternary nitrogens is 1. The second-order valence-electron chi connectivity index (χ2n) is 7.33. The SMILES string of the molecule is Cn1c(C2CC2)nn(C[NH+]2CCN(c3ccc(C(F)(F)F)c[nH+]3)CC2)c1=S. The number of aromatic nitrogens is 4. The normalized spacial score (nSPS) is 18.9. The quantitative estimate of drug-likeness (QED) is 0.780. The van der Waals surface area contributed by atoms with Crippen LogP contribution in [0.15, 0.2) is 18.3 Å². The highest BCUT2D eigenvalue weighted by Crippen LogP contribution is 2.38. The molecule has 0 bridgehead atoms. The number of aromatic amines is 1. The summed E-state index contributed by atoms with van der Waals surface area (Å²) in [5.41, 5.74) is -0.661. The fraction of sp³-hybridized carbons (Fsp3) is 0.588. The lowest BCUT2D eigenvalue weighted by Gasteiger charge is -2.28. The molecule has 2 aromatic rings. The van der Waals surface area contributed by atoms with Crippen LogP contribution in [0.5, 0.6) is 0 Å². The maximum absolute atomic E-state index is 12.7. The minimum Gasteiger partial charge on any atom is -0.310 e. The Morgan fingerprint density at radius 1 is 1.26 bits per heavy atom. The number of halogens is 3. The van der Waals surface area contributed by atoms with Gasteiger partial charge in [0.2, 0.25) is 4.77 Å². The molecule has 1 saturated carbocycles. The average Bonchev–Trinajstić information content (AvgIpc) is 3.45. The van der Waals surface area contributed by atoms with E-state index in [-0.39, 0.29) is 0 Å². The first kappa shape index (κ1) is 18.4. The average molecular weight is 400 g/mol. The molecule has 146 valence electrons. The van der Waals surface area contributed by atoms with Gasteiger partial charge < -0.3 is 9.47 Å². The molecule has 6 nitrogen and oxygen atoms in total. The van der Waals surface area contributed by atoms with Gasteiger partial charge in [0, 0.05) is 19.0 Å². The molecule has 0 unspecified atom stereocenters. The Morgan fingerprint density at radius 3 is 2.52 bits per heavy atom. The van der Waals surface area contributed by atoms with Crippen molar-refractivity contribution in [3.63, 3.8) is 0 Å². The van der Waals surface area contributed by atoms with Gasteiger partial charge in [0.1, 0.15) is 38.2 Å². The van der Waals surface area contributed by atoms with Crippen molar-refractivity contribution in [1.29, 1.82) is 0 Å². The standard InChI is InChI=1S/C17H21F3N6S/c1-23-15(12-2-3-12)22-26(16(23)27)11-24-6-8-25(9-7-24)14-5-4-13(10-21-14)17(18,19)20/h4-5,10,12H,2-3,6-9,11H2,1H3/p+2. The van der Waals surface area contributed by atoms with Gasteiger partial charge in [-0.3, -0.25) is 4.90 Å². The molecule has 0 spiro atoms. The van der Waals surface area contributed by atoms with Crippen LogP contribution in [0.4, 0.5) is 19.0 Å². The topological polar surface area (TPSA) is 44.6 Å². The lowest BCUT2D eigenvalue weighted by atomic mass is 10.2. The molecule has 2 fully saturated rings. The second kappa shape index (κ2) is 6.90. The zero-order valence-corrected chi connectivity index (χ0v) is 15.9. The fourth-order valence-corrected chi connectivity index (χ4v) is 3.73.